The molecule has 1 unspecified atom stereocenters. The summed E-state index contributed by atoms with van der Waals surface area (Å²) in [5.41, 5.74) is 0.112. The van der Waals surface area contributed by atoms with Crippen molar-refractivity contribution in [3.63, 3.8) is 0 Å². The van der Waals surface area contributed by atoms with E-state index in [1.54, 1.807) is 0 Å². The number of ether oxygens (including phenoxy) is 1. The minimum absolute atomic E-state index is 0.112. The number of hydrogen-bond acceptors (Lipinski definition) is 2. The molecule has 16 heavy (non-hydrogen) atoms. The van der Waals surface area contributed by atoms with E-state index in [1.165, 1.54) is 6.07 Å². The average Bonchev–Trinajstić information content (AvgIpc) is 2.24. The molecule has 90 valence electrons. The van der Waals surface area contributed by atoms with Gasteiger partial charge < -0.3 is 9.84 Å². The zero-order valence-electron chi connectivity index (χ0n) is 9.25. The summed E-state index contributed by atoms with van der Waals surface area (Å²) >= 11 is 0. The first-order valence-electron chi connectivity index (χ1n) is 5.36. The molecule has 0 bridgehead atoms. The highest BCUT2D eigenvalue weighted by Crippen LogP contribution is 2.20. The minimum Gasteiger partial charge on any atom is -0.388 e. The summed E-state index contributed by atoms with van der Waals surface area (Å²) in [5.74, 6) is -1.36. The van der Waals surface area contributed by atoms with Gasteiger partial charge in [0.1, 0.15) is 11.6 Å². The van der Waals surface area contributed by atoms with Crippen LogP contribution in [0.2, 0.25) is 0 Å². The van der Waals surface area contributed by atoms with E-state index in [1.807, 2.05) is 6.92 Å². The molecule has 0 aliphatic carbocycles. The van der Waals surface area contributed by atoms with Crippen LogP contribution in [0.3, 0.4) is 0 Å². The van der Waals surface area contributed by atoms with Gasteiger partial charge in [0.15, 0.2) is 0 Å². The molecule has 1 aromatic rings. The molecule has 1 rings (SSSR count). The van der Waals surface area contributed by atoms with Crippen molar-refractivity contribution in [2.75, 3.05) is 13.2 Å². The molecule has 0 saturated carbocycles. The molecule has 0 heterocycles. The van der Waals surface area contributed by atoms with Gasteiger partial charge in [0.2, 0.25) is 0 Å². The highest BCUT2D eigenvalue weighted by molar-refractivity contribution is 5.20. The van der Waals surface area contributed by atoms with Crippen molar-refractivity contribution in [1.29, 1.82) is 0 Å². The van der Waals surface area contributed by atoms with Gasteiger partial charge >= 0.3 is 0 Å². The van der Waals surface area contributed by atoms with Crippen LogP contribution in [0.4, 0.5) is 8.78 Å². The van der Waals surface area contributed by atoms with Gasteiger partial charge in [-0.2, -0.15) is 0 Å². The van der Waals surface area contributed by atoms with Crippen molar-refractivity contribution in [2.24, 2.45) is 0 Å². The lowest BCUT2D eigenvalue weighted by Gasteiger charge is -2.11. The van der Waals surface area contributed by atoms with Crippen molar-refractivity contribution in [1.82, 2.24) is 0 Å². The molecule has 2 nitrogen and oxygen atoms in total. The summed E-state index contributed by atoms with van der Waals surface area (Å²) in [6.45, 7) is 2.97. The van der Waals surface area contributed by atoms with Crippen LogP contribution in [0.15, 0.2) is 18.2 Å². The van der Waals surface area contributed by atoms with Crippen molar-refractivity contribution >= 4 is 0 Å². The first kappa shape index (κ1) is 13.1. The standard InChI is InChI=1S/C12H16F2O2/c1-2-6-16-7-5-12(15)10-4-3-9(13)8-11(10)14/h3-4,8,12,15H,2,5-7H2,1H3. The summed E-state index contributed by atoms with van der Waals surface area (Å²) < 4.78 is 31.0. The molecule has 0 spiro atoms. The number of aliphatic hydroxyl groups is 1. The Morgan fingerprint density at radius 2 is 2.06 bits per heavy atom. The van der Waals surface area contributed by atoms with E-state index in [0.29, 0.717) is 19.6 Å². The van der Waals surface area contributed by atoms with Crippen molar-refractivity contribution in [3.05, 3.63) is 35.4 Å². The molecule has 1 atom stereocenters. The fourth-order valence-corrected chi connectivity index (χ4v) is 1.37. The molecule has 1 N–H and O–H groups in total. The molecule has 0 amide bonds. The number of benzene rings is 1. The molecule has 0 radical (unpaired) electrons. The van der Waals surface area contributed by atoms with Gasteiger partial charge in [0.25, 0.3) is 0 Å². The Morgan fingerprint density at radius 3 is 2.69 bits per heavy atom. The van der Waals surface area contributed by atoms with E-state index < -0.39 is 17.7 Å². The molecule has 0 saturated heterocycles. The van der Waals surface area contributed by atoms with Gasteiger partial charge in [-0.1, -0.05) is 13.0 Å². The van der Waals surface area contributed by atoms with Crippen LogP contribution in [-0.4, -0.2) is 18.3 Å². The fourth-order valence-electron chi connectivity index (χ4n) is 1.37. The second kappa shape index (κ2) is 6.55. The predicted octanol–water partition coefficient (Wildman–Crippen LogP) is 2.81. The molecular formula is C12H16F2O2. The molecular weight excluding hydrogens is 214 g/mol. The second-order valence-electron chi connectivity index (χ2n) is 3.58. The highest BCUT2D eigenvalue weighted by Gasteiger charge is 2.13. The number of rotatable bonds is 6. The van der Waals surface area contributed by atoms with E-state index in [-0.39, 0.29) is 5.56 Å². The minimum atomic E-state index is -0.947. The first-order valence-corrected chi connectivity index (χ1v) is 5.36. The Kier molecular flexibility index (Phi) is 5.35. The lowest BCUT2D eigenvalue weighted by molar-refractivity contribution is 0.0806. The van der Waals surface area contributed by atoms with E-state index in [4.69, 9.17) is 4.74 Å². The van der Waals surface area contributed by atoms with E-state index in [0.717, 1.165) is 18.6 Å². The van der Waals surface area contributed by atoms with Gasteiger partial charge in [-0.25, -0.2) is 8.78 Å². The van der Waals surface area contributed by atoms with Gasteiger partial charge in [-0.3, -0.25) is 0 Å². The Morgan fingerprint density at radius 1 is 1.31 bits per heavy atom. The Labute approximate surface area is 93.9 Å². The van der Waals surface area contributed by atoms with Gasteiger partial charge in [0, 0.05) is 31.3 Å². The Balaban J connectivity index is 2.49. The van der Waals surface area contributed by atoms with Crippen LogP contribution in [0.1, 0.15) is 31.4 Å². The van der Waals surface area contributed by atoms with Crippen molar-refractivity contribution in [3.8, 4) is 0 Å². The van der Waals surface area contributed by atoms with Gasteiger partial charge in [0.05, 0.1) is 6.10 Å². The van der Waals surface area contributed by atoms with Crippen LogP contribution in [-0.2, 0) is 4.74 Å². The monoisotopic (exact) mass is 230 g/mol. The number of aliphatic hydroxyl groups excluding tert-OH is 1. The first-order chi connectivity index (χ1) is 7.65. The maximum absolute atomic E-state index is 13.2. The third-order valence-electron chi connectivity index (χ3n) is 2.21. The van der Waals surface area contributed by atoms with E-state index in [9.17, 15) is 13.9 Å². The highest BCUT2D eigenvalue weighted by atomic mass is 19.1. The molecule has 0 fully saturated rings. The molecule has 0 aromatic heterocycles. The van der Waals surface area contributed by atoms with Crippen LogP contribution in [0.5, 0.6) is 0 Å². The number of halogens is 2. The lowest BCUT2D eigenvalue weighted by atomic mass is 10.1. The smallest absolute Gasteiger partial charge is 0.131 e. The van der Waals surface area contributed by atoms with Crippen LogP contribution in [0, 0.1) is 11.6 Å². The molecule has 0 aliphatic heterocycles. The maximum atomic E-state index is 13.2. The molecule has 4 heteroatoms. The number of hydrogen-bond donors (Lipinski definition) is 1. The second-order valence-corrected chi connectivity index (χ2v) is 3.58. The summed E-state index contributed by atoms with van der Waals surface area (Å²) in [6.07, 6.45) is 0.265. The topological polar surface area (TPSA) is 29.5 Å². The van der Waals surface area contributed by atoms with Crippen LogP contribution < -0.4 is 0 Å². The summed E-state index contributed by atoms with van der Waals surface area (Å²) in [6, 6.07) is 3.16. The maximum Gasteiger partial charge on any atom is 0.131 e. The summed E-state index contributed by atoms with van der Waals surface area (Å²) in [4.78, 5) is 0. The van der Waals surface area contributed by atoms with E-state index in [2.05, 4.69) is 0 Å². The fraction of sp³-hybridized carbons (Fsp3) is 0.500. The zero-order chi connectivity index (χ0) is 12.0. The SMILES string of the molecule is CCCOCCC(O)c1ccc(F)cc1F. The van der Waals surface area contributed by atoms with E-state index >= 15 is 0 Å². The molecule has 1 aromatic carbocycles. The third-order valence-corrected chi connectivity index (χ3v) is 2.21. The summed E-state index contributed by atoms with van der Waals surface area (Å²) in [5, 5.41) is 9.65. The van der Waals surface area contributed by atoms with Gasteiger partial charge in [-0.15, -0.1) is 0 Å². The quantitative estimate of drug-likeness (QED) is 0.761. The normalized spacial score (nSPS) is 12.8. The van der Waals surface area contributed by atoms with Crippen LogP contribution in [0.25, 0.3) is 0 Å². The Bertz CT molecular complexity index is 329. The lowest BCUT2D eigenvalue weighted by Crippen LogP contribution is -2.06. The average molecular weight is 230 g/mol. The third kappa shape index (κ3) is 3.87. The zero-order valence-corrected chi connectivity index (χ0v) is 9.25. The van der Waals surface area contributed by atoms with Crippen LogP contribution >= 0.6 is 0 Å². The largest absolute Gasteiger partial charge is 0.388 e. The molecule has 0 aliphatic rings. The predicted molar refractivity (Wildman–Crippen MR) is 57.0 cm³/mol. The van der Waals surface area contributed by atoms with Gasteiger partial charge in [-0.05, 0) is 12.5 Å². The van der Waals surface area contributed by atoms with Crippen molar-refractivity contribution in [2.45, 2.75) is 25.9 Å². The Hall–Kier alpha value is -1.00. The van der Waals surface area contributed by atoms with Crippen molar-refractivity contribution < 1.29 is 18.6 Å². The summed E-state index contributed by atoms with van der Waals surface area (Å²) in [7, 11) is 0.